The van der Waals surface area contributed by atoms with Gasteiger partial charge < -0.3 is 10.6 Å². The fraction of sp³-hybridized carbons (Fsp3) is 0.111. The number of anilines is 1. The third-order valence-electron chi connectivity index (χ3n) is 3.53. The summed E-state index contributed by atoms with van der Waals surface area (Å²) >= 11 is 6.71. The van der Waals surface area contributed by atoms with Crippen LogP contribution in [-0.4, -0.2) is 28.6 Å². The molecule has 6 nitrogen and oxygen atoms in total. The normalized spacial score (nSPS) is 10.4. The molecule has 0 fully saturated rings. The first-order valence-corrected chi connectivity index (χ1v) is 9.14. The van der Waals surface area contributed by atoms with Gasteiger partial charge in [-0.15, -0.1) is 10.2 Å². The Morgan fingerprint density at radius 2 is 1.59 bits per heavy atom. The molecule has 3 rings (SSSR count). The largest absolute Gasteiger partial charge is 0.350 e. The van der Waals surface area contributed by atoms with Crippen LogP contribution in [0.5, 0.6) is 0 Å². The third-order valence-corrected chi connectivity index (χ3v) is 4.70. The summed E-state index contributed by atoms with van der Waals surface area (Å²) in [5.41, 5.74) is 1.46. The van der Waals surface area contributed by atoms with Crippen LogP contribution in [0.1, 0.15) is 25.2 Å². The predicted octanol–water partition coefficient (Wildman–Crippen LogP) is 3.56. The van der Waals surface area contributed by atoms with Crippen LogP contribution < -0.4 is 10.6 Å². The Balaban J connectivity index is 1.52. The van der Waals surface area contributed by atoms with Crippen molar-refractivity contribution in [2.75, 3.05) is 11.9 Å². The van der Waals surface area contributed by atoms with Crippen molar-refractivity contribution in [2.45, 2.75) is 6.42 Å². The zero-order valence-corrected chi connectivity index (χ0v) is 15.5. The summed E-state index contributed by atoms with van der Waals surface area (Å²) in [6, 6.07) is 12.7. The molecule has 0 bridgehead atoms. The molecule has 0 aliphatic carbocycles. The summed E-state index contributed by atoms with van der Waals surface area (Å²) in [6.45, 7) is 0.414. The van der Waals surface area contributed by atoms with E-state index in [-0.39, 0.29) is 10.0 Å². The van der Waals surface area contributed by atoms with Crippen molar-refractivity contribution in [1.82, 2.24) is 15.5 Å². The number of carbonyl (C=O) groups excluding carboxylic acids is 2. The monoisotopic (exact) mass is 404 g/mol. The Bertz CT molecular complexity index is 945. The molecule has 0 aliphatic rings. The lowest BCUT2D eigenvalue weighted by atomic mass is 10.1. The number of amides is 2. The second kappa shape index (κ2) is 8.70. The van der Waals surface area contributed by atoms with Crippen molar-refractivity contribution in [3.8, 4) is 0 Å². The average Bonchev–Trinajstić information content (AvgIpc) is 3.16. The van der Waals surface area contributed by atoms with Gasteiger partial charge >= 0.3 is 0 Å². The molecule has 1 heterocycles. The van der Waals surface area contributed by atoms with Crippen molar-refractivity contribution in [3.63, 3.8) is 0 Å². The first-order chi connectivity index (χ1) is 13.0. The SMILES string of the molecule is O=C(NCCc1ccc(Cl)cc1)c1nnc(C(=O)Nc2ccc(F)cc2)s1. The van der Waals surface area contributed by atoms with Crippen LogP contribution in [-0.2, 0) is 6.42 Å². The Hall–Kier alpha value is -2.84. The standard InChI is InChI=1S/C18H14ClFN4O2S/c19-12-3-1-11(2-4-12)9-10-21-15(25)17-23-24-18(27-17)16(26)22-14-7-5-13(20)6-8-14/h1-8H,9-10H2,(H,21,25)(H,22,26). The smallest absolute Gasteiger partial charge is 0.286 e. The molecule has 2 aromatic carbocycles. The van der Waals surface area contributed by atoms with Gasteiger partial charge in [0.15, 0.2) is 0 Å². The zero-order valence-electron chi connectivity index (χ0n) is 13.9. The van der Waals surface area contributed by atoms with E-state index in [1.165, 1.54) is 24.3 Å². The lowest BCUT2D eigenvalue weighted by Crippen LogP contribution is -2.25. The van der Waals surface area contributed by atoms with E-state index in [0.717, 1.165) is 16.9 Å². The molecule has 1 aromatic heterocycles. The summed E-state index contributed by atoms with van der Waals surface area (Å²) in [4.78, 5) is 24.2. The highest BCUT2D eigenvalue weighted by Gasteiger charge is 2.17. The van der Waals surface area contributed by atoms with Crippen LogP contribution in [0.15, 0.2) is 48.5 Å². The van der Waals surface area contributed by atoms with E-state index in [1.807, 2.05) is 12.1 Å². The molecule has 0 radical (unpaired) electrons. The Morgan fingerprint density at radius 1 is 0.963 bits per heavy atom. The lowest BCUT2D eigenvalue weighted by Gasteiger charge is -2.03. The van der Waals surface area contributed by atoms with Gasteiger partial charge in [-0.1, -0.05) is 35.1 Å². The maximum absolute atomic E-state index is 12.9. The predicted molar refractivity (Wildman–Crippen MR) is 102 cm³/mol. The minimum Gasteiger partial charge on any atom is -0.350 e. The van der Waals surface area contributed by atoms with E-state index in [9.17, 15) is 14.0 Å². The number of benzene rings is 2. The summed E-state index contributed by atoms with van der Waals surface area (Å²) in [5, 5.41) is 13.6. The number of carbonyl (C=O) groups is 2. The highest BCUT2D eigenvalue weighted by Crippen LogP contribution is 2.14. The van der Waals surface area contributed by atoms with E-state index < -0.39 is 17.6 Å². The zero-order chi connectivity index (χ0) is 19.2. The molecule has 0 atom stereocenters. The minimum absolute atomic E-state index is 0.0437. The van der Waals surface area contributed by atoms with Crippen molar-refractivity contribution in [3.05, 3.63) is 74.9 Å². The Morgan fingerprint density at radius 3 is 2.26 bits per heavy atom. The summed E-state index contributed by atoms with van der Waals surface area (Å²) in [6.07, 6.45) is 0.639. The van der Waals surface area contributed by atoms with Gasteiger partial charge in [-0.2, -0.15) is 0 Å². The highest BCUT2D eigenvalue weighted by atomic mass is 35.5. The molecule has 2 N–H and O–H groups in total. The van der Waals surface area contributed by atoms with Gasteiger partial charge in [0.2, 0.25) is 10.0 Å². The molecule has 27 heavy (non-hydrogen) atoms. The molecule has 138 valence electrons. The molecular formula is C18H14ClFN4O2S. The van der Waals surface area contributed by atoms with Crippen LogP contribution in [0.25, 0.3) is 0 Å². The number of nitrogens with zero attached hydrogens (tertiary/aromatic N) is 2. The van der Waals surface area contributed by atoms with Crippen molar-refractivity contribution in [1.29, 1.82) is 0 Å². The molecule has 3 aromatic rings. The van der Waals surface area contributed by atoms with E-state index in [0.29, 0.717) is 23.7 Å². The molecular weight excluding hydrogens is 391 g/mol. The molecule has 0 saturated heterocycles. The van der Waals surface area contributed by atoms with Crippen molar-refractivity contribution in [2.24, 2.45) is 0 Å². The number of hydrogen-bond acceptors (Lipinski definition) is 5. The van der Waals surface area contributed by atoms with Gasteiger partial charge in [-0.25, -0.2) is 4.39 Å². The van der Waals surface area contributed by atoms with E-state index in [4.69, 9.17) is 11.6 Å². The fourth-order valence-corrected chi connectivity index (χ4v) is 2.95. The summed E-state index contributed by atoms with van der Waals surface area (Å²) < 4.78 is 12.9. The number of nitrogens with one attached hydrogen (secondary N) is 2. The van der Waals surface area contributed by atoms with Gasteiger partial charge in [0.1, 0.15) is 5.82 Å². The lowest BCUT2D eigenvalue weighted by molar-refractivity contribution is 0.0951. The molecule has 0 aliphatic heterocycles. The number of rotatable bonds is 6. The van der Waals surface area contributed by atoms with Crippen LogP contribution >= 0.6 is 22.9 Å². The molecule has 0 saturated carbocycles. The van der Waals surface area contributed by atoms with E-state index in [1.54, 1.807) is 12.1 Å². The van der Waals surface area contributed by atoms with Gasteiger partial charge in [-0.05, 0) is 48.4 Å². The number of halogens is 2. The summed E-state index contributed by atoms with van der Waals surface area (Å²) in [7, 11) is 0. The Labute approximate surface area is 163 Å². The average molecular weight is 405 g/mol. The van der Waals surface area contributed by atoms with Gasteiger partial charge in [0.25, 0.3) is 11.8 Å². The van der Waals surface area contributed by atoms with Crippen LogP contribution in [0.3, 0.4) is 0 Å². The van der Waals surface area contributed by atoms with Crippen LogP contribution in [0.4, 0.5) is 10.1 Å². The number of aromatic nitrogens is 2. The van der Waals surface area contributed by atoms with E-state index >= 15 is 0 Å². The third kappa shape index (κ3) is 5.32. The molecule has 0 unspecified atom stereocenters. The quantitative estimate of drug-likeness (QED) is 0.658. The van der Waals surface area contributed by atoms with Crippen molar-refractivity contribution < 1.29 is 14.0 Å². The summed E-state index contributed by atoms with van der Waals surface area (Å²) in [5.74, 6) is -1.32. The van der Waals surface area contributed by atoms with Crippen LogP contribution in [0, 0.1) is 5.82 Å². The highest BCUT2D eigenvalue weighted by molar-refractivity contribution is 7.15. The maximum atomic E-state index is 12.9. The second-order valence-electron chi connectivity index (χ2n) is 5.51. The first-order valence-electron chi connectivity index (χ1n) is 7.94. The fourth-order valence-electron chi connectivity index (χ4n) is 2.17. The minimum atomic E-state index is -0.515. The molecule has 2 amide bonds. The second-order valence-corrected chi connectivity index (χ2v) is 6.92. The van der Waals surface area contributed by atoms with Gasteiger partial charge in [0, 0.05) is 17.3 Å². The molecule has 9 heteroatoms. The number of hydrogen-bond donors (Lipinski definition) is 2. The molecule has 0 spiro atoms. The maximum Gasteiger partial charge on any atom is 0.286 e. The van der Waals surface area contributed by atoms with Crippen LogP contribution in [0.2, 0.25) is 5.02 Å². The van der Waals surface area contributed by atoms with E-state index in [2.05, 4.69) is 20.8 Å². The first kappa shape index (κ1) is 18.9. The van der Waals surface area contributed by atoms with Crippen molar-refractivity contribution >= 4 is 40.4 Å². The van der Waals surface area contributed by atoms with Gasteiger partial charge in [0.05, 0.1) is 0 Å². The topological polar surface area (TPSA) is 84.0 Å². The Kier molecular flexibility index (Phi) is 6.10. The van der Waals surface area contributed by atoms with Gasteiger partial charge in [-0.3, -0.25) is 9.59 Å².